The van der Waals surface area contributed by atoms with Crippen molar-refractivity contribution in [2.24, 2.45) is 5.92 Å². The highest BCUT2D eigenvalue weighted by Gasteiger charge is 2.47. The van der Waals surface area contributed by atoms with Gasteiger partial charge in [0.05, 0.1) is 31.9 Å². The molecular weight excluding hydrogens is 494 g/mol. The minimum atomic E-state index is -0.881. The average molecular weight is 530 g/mol. The molecule has 0 saturated carbocycles. The second-order valence-corrected chi connectivity index (χ2v) is 10.1. The largest absolute Gasteiger partial charge is 0.507 e. The Hall–Kier alpha value is -4.26. The van der Waals surface area contributed by atoms with Crippen molar-refractivity contribution in [3.8, 4) is 17.2 Å². The van der Waals surface area contributed by atoms with E-state index in [0.717, 1.165) is 11.1 Å². The molecule has 0 aliphatic carbocycles. The highest BCUT2D eigenvalue weighted by molar-refractivity contribution is 6.51. The summed E-state index contributed by atoms with van der Waals surface area (Å²) in [5.74, 6) is 0.308. The van der Waals surface area contributed by atoms with Crippen molar-refractivity contribution in [2.45, 2.75) is 40.7 Å². The number of benzene rings is 3. The number of carbonyl (C=O) groups excluding carboxylic acids is 2. The Labute approximate surface area is 229 Å². The van der Waals surface area contributed by atoms with Gasteiger partial charge in [-0.3, -0.25) is 14.5 Å². The maximum atomic E-state index is 13.6. The fourth-order valence-corrected chi connectivity index (χ4v) is 4.76. The minimum absolute atomic E-state index is 0.00243. The van der Waals surface area contributed by atoms with Gasteiger partial charge in [-0.05, 0) is 91.9 Å². The molecule has 1 fully saturated rings. The summed E-state index contributed by atoms with van der Waals surface area (Å²) < 4.78 is 17.0. The number of aliphatic hydroxyl groups excluding tert-OH is 1. The predicted octanol–water partition coefficient (Wildman–Crippen LogP) is 6.37. The molecule has 1 saturated heterocycles. The first kappa shape index (κ1) is 27.8. The zero-order chi connectivity index (χ0) is 28.3. The second kappa shape index (κ2) is 11.6. The Balaban J connectivity index is 1.89. The summed E-state index contributed by atoms with van der Waals surface area (Å²) in [7, 11) is 1.55. The van der Waals surface area contributed by atoms with Crippen LogP contribution in [-0.2, 0) is 9.59 Å². The lowest BCUT2D eigenvalue weighted by atomic mass is 9.94. The highest BCUT2D eigenvalue weighted by Crippen LogP contribution is 2.44. The molecule has 3 aromatic carbocycles. The van der Waals surface area contributed by atoms with E-state index in [-0.39, 0.29) is 11.3 Å². The zero-order valence-electron chi connectivity index (χ0n) is 23.3. The van der Waals surface area contributed by atoms with E-state index >= 15 is 0 Å². The maximum absolute atomic E-state index is 13.6. The smallest absolute Gasteiger partial charge is 0.300 e. The SMILES string of the molecule is CCOc1cc(C2/C(=C(/O)c3ccc(OCC(C)C)cc3)C(=O)C(=O)N2c2cc(C)cc(C)c2)ccc1OC. The van der Waals surface area contributed by atoms with Crippen LogP contribution in [-0.4, -0.2) is 37.1 Å². The summed E-state index contributed by atoms with van der Waals surface area (Å²) in [6.07, 6.45) is 0. The number of ether oxygens (including phenoxy) is 3. The number of hydrogen-bond donors (Lipinski definition) is 1. The quantitative estimate of drug-likeness (QED) is 0.197. The van der Waals surface area contributed by atoms with Gasteiger partial charge in [-0.1, -0.05) is 26.0 Å². The fourth-order valence-electron chi connectivity index (χ4n) is 4.76. The van der Waals surface area contributed by atoms with Gasteiger partial charge < -0.3 is 19.3 Å². The first-order valence-electron chi connectivity index (χ1n) is 13.1. The van der Waals surface area contributed by atoms with Crippen molar-refractivity contribution in [1.29, 1.82) is 0 Å². The monoisotopic (exact) mass is 529 g/mol. The standard InChI is InChI=1S/C32H35NO6/c1-7-38-27-17-23(10-13-26(27)37-6)29-28(30(34)22-8-11-25(12-9-22)39-18-19(2)3)31(35)32(36)33(29)24-15-20(4)14-21(5)16-24/h8-17,19,29,34H,7,18H2,1-6H3/b30-28-. The highest BCUT2D eigenvalue weighted by atomic mass is 16.5. The van der Waals surface area contributed by atoms with E-state index in [1.165, 1.54) is 4.90 Å². The Morgan fingerprint density at radius 2 is 1.59 bits per heavy atom. The Kier molecular flexibility index (Phi) is 8.29. The van der Waals surface area contributed by atoms with Crippen molar-refractivity contribution in [3.63, 3.8) is 0 Å². The third-order valence-corrected chi connectivity index (χ3v) is 6.44. The molecule has 1 amide bonds. The lowest BCUT2D eigenvalue weighted by Crippen LogP contribution is -2.29. The van der Waals surface area contributed by atoms with Gasteiger partial charge in [-0.15, -0.1) is 0 Å². The van der Waals surface area contributed by atoms with Crippen LogP contribution in [0.4, 0.5) is 5.69 Å². The molecule has 1 heterocycles. The van der Waals surface area contributed by atoms with Crippen LogP contribution in [0.5, 0.6) is 17.2 Å². The summed E-state index contributed by atoms with van der Waals surface area (Å²) >= 11 is 0. The van der Waals surface area contributed by atoms with Crippen LogP contribution < -0.4 is 19.1 Å². The van der Waals surface area contributed by atoms with Gasteiger partial charge in [-0.2, -0.15) is 0 Å². The number of aryl methyl sites for hydroxylation is 2. The Morgan fingerprint density at radius 3 is 2.18 bits per heavy atom. The van der Waals surface area contributed by atoms with Gasteiger partial charge in [0.25, 0.3) is 11.7 Å². The summed E-state index contributed by atoms with van der Waals surface area (Å²) in [6.45, 7) is 10.8. The van der Waals surface area contributed by atoms with Crippen molar-refractivity contribution in [2.75, 3.05) is 25.2 Å². The van der Waals surface area contributed by atoms with Crippen LogP contribution >= 0.6 is 0 Å². The molecule has 4 rings (SSSR count). The number of carbonyl (C=O) groups is 2. The molecule has 1 aliphatic rings. The first-order chi connectivity index (χ1) is 18.6. The first-order valence-corrected chi connectivity index (χ1v) is 13.1. The molecule has 39 heavy (non-hydrogen) atoms. The number of aliphatic hydroxyl groups is 1. The maximum Gasteiger partial charge on any atom is 0.300 e. The van der Waals surface area contributed by atoms with Crippen molar-refractivity contribution >= 4 is 23.1 Å². The molecule has 7 nitrogen and oxygen atoms in total. The molecule has 0 aromatic heterocycles. The number of ketones is 1. The average Bonchev–Trinajstić information content (AvgIpc) is 3.17. The number of Topliss-reactive ketones (excluding diaryl/α,β-unsaturated/α-hetero) is 1. The van der Waals surface area contributed by atoms with Gasteiger partial charge in [0.1, 0.15) is 11.5 Å². The van der Waals surface area contributed by atoms with E-state index in [2.05, 4.69) is 13.8 Å². The molecule has 1 atom stereocenters. The molecule has 0 radical (unpaired) electrons. The zero-order valence-corrected chi connectivity index (χ0v) is 23.3. The molecule has 1 aliphatic heterocycles. The van der Waals surface area contributed by atoms with E-state index in [4.69, 9.17) is 14.2 Å². The summed E-state index contributed by atoms with van der Waals surface area (Å²) in [4.78, 5) is 28.5. The molecule has 1 N–H and O–H groups in total. The number of nitrogens with zero attached hydrogens (tertiary/aromatic N) is 1. The normalized spacial score (nSPS) is 16.6. The van der Waals surface area contributed by atoms with Gasteiger partial charge in [0.15, 0.2) is 11.5 Å². The molecule has 0 bridgehead atoms. The van der Waals surface area contributed by atoms with Crippen LogP contribution in [0.2, 0.25) is 0 Å². The molecule has 204 valence electrons. The molecule has 7 heteroatoms. The summed E-state index contributed by atoms with van der Waals surface area (Å²) in [5.41, 5.74) is 3.50. The van der Waals surface area contributed by atoms with E-state index in [9.17, 15) is 14.7 Å². The molecular formula is C32H35NO6. The van der Waals surface area contributed by atoms with Crippen LogP contribution in [0.15, 0.2) is 66.2 Å². The number of hydrogen-bond acceptors (Lipinski definition) is 6. The van der Waals surface area contributed by atoms with Gasteiger partial charge in [0, 0.05) is 11.3 Å². The van der Waals surface area contributed by atoms with Gasteiger partial charge in [-0.25, -0.2) is 0 Å². The third kappa shape index (κ3) is 5.77. The number of methoxy groups -OCH3 is 1. The van der Waals surface area contributed by atoms with E-state index in [0.29, 0.717) is 53.2 Å². The van der Waals surface area contributed by atoms with Crippen molar-refractivity contribution in [1.82, 2.24) is 0 Å². The summed E-state index contributed by atoms with van der Waals surface area (Å²) in [6, 6.07) is 17.0. The minimum Gasteiger partial charge on any atom is -0.507 e. The van der Waals surface area contributed by atoms with Crippen molar-refractivity contribution < 1.29 is 28.9 Å². The van der Waals surface area contributed by atoms with Crippen LogP contribution in [0.3, 0.4) is 0 Å². The predicted molar refractivity (Wildman–Crippen MR) is 152 cm³/mol. The van der Waals surface area contributed by atoms with Gasteiger partial charge >= 0.3 is 0 Å². The Morgan fingerprint density at radius 1 is 0.923 bits per heavy atom. The molecule has 0 spiro atoms. The molecule has 1 unspecified atom stereocenters. The lowest BCUT2D eigenvalue weighted by molar-refractivity contribution is -0.132. The fraction of sp³-hybridized carbons (Fsp3) is 0.312. The van der Waals surface area contributed by atoms with Crippen LogP contribution in [0.1, 0.15) is 49.1 Å². The number of rotatable bonds is 9. The van der Waals surface area contributed by atoms with Gasteiger partial charge in [0.2, 0.25) is 0 Å². The topological polar surface area (TPSA) is 85.3 Å². The Bertz CT molecular complexity index is 1390. The van der Waals surface area contributed by atoms with Crippen LogP contribution in [0, 0.1) is 19.8 Å². The van der Waals surface area contributed by atoms with E-state index in [1.54, 1.807) is 49.6 Å². The van der Waals surface area contributed by atoms with E-state index < -0.39 is 17.7 Å². The third-order valence-electron chi connectivity index (χ3n) is 6.44. The summed E-state index contributed by atoms with van der Waals surface area (Å²) in [5, 5.41) is 11.5. The lowest BCUT2D eigenvalue weighted by Gasteiger charge is -2.26. The van der Waals surface area contributed by atoms with E-state index in [1.807, 2.05) is 39.0 Å². The number of amides is 1. The molecule has 3 aromatic rings. The van der Waals surface area contributed by atoms with Crippen molar-refractivity contribution in [3.05, 3.63) is 88.5 Å². The number of anilines is 1. The van der Waals surface area contributed by atoms with Crippen LogP contribution in [0.25, 0.3) is 5.76 Å². The second-order valence-electron chi connectivity index (χ2n) is 10.1.